The Bertz CT molecular complexity index is 933. The van der Waals surface area contributed by atoms with Crippen molar-refractivity contribution >= 4 is 5.91 Å². The number of carbonyl (C=O) groups is 1. The molecule has 0 N–H and O–H groups in total. The lowest BCUT2D eigenvalue weighted by Crippen LogP contribution is -2.37. The minimum absolute atomic E-state index is 0.0520. The van der Waals surface area contributed by atoms with Gasteiger partial charge in [-0.15, -0.1) is 0 Å². The van der Waals surface area contributed by atoms with Gasteiger partial charge < -0.3 is 19.1 Å². The van der Waals surface area contributed by atoms with Crippen LogP contribution < -0.4 is 9.47 Å². The van der Waals surface area contributed by atoms with Crippen molar-refractivity contribution in [2.75, 3.05) is 26.9 Å². The zero-order valence-corrected chi connectivity index (χ0v) is 18.3. The Morgan fingerprint density at radius 1 is 1.16 bits per heavy atom. The molecular formula is C26H31NO4. The van der Waals surface area contributed by atoms with Crippen LogP contribution in [0.25, 0.3) is 0 Å². The molecule has 2 aliphatic rings. The summed E-state index contributed by atoms with van der Waals surface area (Å²) in [6, 6.07) is 12.0. The number of amides is 1. The van der Waals surface area contributed by atoms with Crippen LogP contribution in [0.1, 0.15) is 46.3 Å². The van der Waals surface area contributed by atoms with Crippen LogP contribution in [0.5, 0.6) is 11.5 Å². The Labute approximate surface area is 184 Å². The van der Waals surface area contributed by atoms with Gasteiger partial charge in [0, 0.05) is 25.3 Å². The molecule has 1 aliphatic heterocycles. The SMILES string of the molecule is C=CCOc1ccc(CN(C[C@H]2CCCO2)C(=O)c2ccc3c(c2)CCC3)cc1OC. The summed E-state index contributed by atoms with van der Waals surface area (Å²) in [5, 5.41) is 0. The maximum Gasteiger partial charge on any atom is 0.254 e. The van der Waals surface area contributed by atoms with Crippen LogP contribution >= 0.6 is 0 Å². The first kappa shape index (κ1) is 21.4. The van der Waals surface area contributed by atoms with Gasteiger partial charge in [-0.3, -0.25) is 4.79 Å². The van der Waals surface area contributed by atoms with Gasteiger partial charge in [-0.05, 0) is 73.1 Å². The lowest BCUT2D eigenvalue weighted by Gasteiger charge is -2.26. The van der Waals surface area contributed by atoms with Crippen LogP contribution in [0.15, 0.2) is 49.1 Å². The van der Waals surface area contributed by atoms with Crippen molar-refractivity contribution in [3.05, 3.63) is 71.3 Å². The van der Waals surface area contributed by atoms with Crippen LogP contribution in [0.2, 0.25) is 0 Å². The molecule has 1 fully saturated rings. The quantitative estimate of drug-likeness (QED) is 0.557. The van der Waals surface area contributed by atoms with Crippen LogP contribution in [0.4, 0.5) is 0 Å². The standard InChI is InChI=1S/C26H31NO4/c1-3-13-31-24-12-9-19(15-25(24)29-2)17-27(18-23-8-5-14-30-23)26(28)22-11-10-20-6-4-7-21(20)16-22/h3,9-12,15-16,23H,1,4-8,13-14,17-18H2,2H3/t23-/m1/s1. The molecular weight excluding hydrogens is 390 g/mol. The van der Waals surface area contributed by atoms with Crippen molar-refractivity contribution < 1.29 is 19.0 Å². The average Bonchev–Trinajstić information content (AvgIpc) is 3.48. The van der Waals surface area contributed by atoms with Crippen LogP contribution in [-0.2, 0) is 24.1 Å². The molecule has 0 radical (unpaired) electrons. The lowest BCUT2D eigenvalue weighted by molar-refractivity contribution is 0.0507. The number of fused-ring (bicyclic) bond motifs is 1. The van der Waals surface area contributed by atoms with E-state index < -0.39 is 0 Å². The molecule has 31 heavy (non-hydrogen) atoms. The summed E-state index contributed by atoms with van der Waals surface area (Å²) in [5.41, 5.74) is 4.45. The highest BCUT2D eigenvalue weighted by atomic mass is 16.5. The Morgan fingerprint density at radius 3 is 2.81 bits per heavy atom. The van der Waals surface area contributed by atoms with E-state index in [0.29, 0.717) is 31.2 Å². The van der Waals surface area contributed by atoms with Crippen molar-refractivity contribution in [2.24, 2.45) is 0 Å². The molecule has 0 bridgehead atoms. The lowest BCUT2D eigenvalue weighted by atomic mass is 10.0. The highest BCUT2D eigenvalue weighted by Crippen LogP contribution is 2.29. The molecule has 0 saturated carbocycles. The summed E-state index contributed by atoms with van der Waals surface area (Å²) in [4.78, 5) is 15.4. The first-order chi connectivity index (χ1) is 15.2. The number of rotatable bonds is 9. The Morgan fingerprint density at radius 2 is 2.03 bits per heavy atom. The van der Waals surface area contributed by atoms with Gasteiger partial charge in [-0.2, -0.15) is 0 Å². The zero-order valence-electron chi connectivity index (χ0n) is 18.3. The number of hydrogen-bond donors (Lipinski definition) is 0. The number of hydrogen-bond acceptors (Lipinski definition) is 4. The molecule has 2 aromatic carbocycles. The number of ether oxygens (including phenoxy) is 3. The molecule has 5 nitrogen and oxygen atoms in total. The Kier molecular flexibility index (Phi) is 6.92. The Hall–Kier alpha value is -2.79. The zero-order chi connectivity index (χ0) is 21.6. The summed E-state index contributed by atoms with van der Waals surface area (Å²) < 4.78 is 17.0. The van der Waals surface area contributed by atoms with Crippen LogP contribution in [-0.4, -0.2) is 43.8 Å². The van der Waals surface area contributed by atoms with E-state index in [1.807, 2.05) is 29.2 Å². The highest BCUT2D eigenvalue weighted by molar-refractivity contribution is 5.94. The summed E-state index contributed by atoms with van der Waals surface area (Å²) in [6.07, 6.45) is 7.18. The summed E-state index contributed by atoms with van der Waals surface area (Å²) in [7, 11) is 1.62. The molecule has 164 valence electrons. The second-order valence-corrected chi connectivity index (χ2v) is 8.24. The van der Waals surface area contributed by atoms with Crippen molar-refractivity contribution in [3.63, 3.8) is 0 Å². The molecule has 5 heteroatoms. The number of benzene rings is 2. The van der Waals surface area contributed by atoms with E-state index in [1.54, 1.807) is 13.2 Å². The maximum absolute atomic E-state index is 13.5. The molecule has 1 atom stereocenters. The highest BCUT2D eigenvalue weighted by Gasteiger charge is 2.25. The van der Waals surface area contributed by atoms with Gasteiger partial charge >= 0.3 is 0 Å². The molecule has 0 unspecified atom stereocenters. The molecule has 1 aliphatic carbocycles. The van der Waals surface area contributed by atoms with E-state index in [1.165, 1.54) is 17.5 Å². The normalized spacial score (nSPS) is 17.3. The molecule has 0 spiro atoms. The summed E-state index contributed by atoms with van der Waals surface area (Å²) >= 11 is 0. The van der Waals surface area contributed by atoms with Gasteiger partial charge in [0.15, 0.2) is 11.5 Å². The van der Waals surface area contributed by atoms with Crippen molar-refractivity contribution in [1.82, 2.24) is 4.90 Å². The van der Waals surface area contributed by atoms with Crippen LogP contribution in [0, 0.1) is 0 Å². The number of nitrogens with zero attached hydrogens (tertiary/aromatic N) is 1. The second-order valence-electron chi connectivity index (χ2n) is 8.24. The molecule has 1 saturated heterocycles. The topological polar surface area (TPSA) is 48.0 Å². The third kappa shape index (κ3) is 5.10. The summed E-state index contributed by atoms with van der Waals surface area (Å²) in [5.74, 6) is 1.37. The number of methoxy groups -OCH3 is 1. The third-order valence-corrected chi connectivity index (χ3v) is 6.04. The van der Waals surface area contributed by atoms with E-state index in [2.05, 4.69) is 18.7 Å². The van der Waals surface area contributed by atoms with E-state index in [4.69, 9.17) is 14.2 Å². The second kappa shape index (κ2) is 10.0. The minimum atomic E-state index is 0.0520. The van der Waals surface area contributed by atoms with E-state index in [0.717, 1.165) is 43.4 Å². The van der Waals surface area contributed by atoms with E-state index >= 15 is 0 Å². The number of aryl methyl sites for hydroxylation is 2. The van der Waals surface area contributed by atoms with Crippen molar-refractivity contribution in [3.8, 4) is 11.5 Å². The van der Waals surface area contributed by atoms with Gasteiger partial charge in [0.05, 0.1) is 13.2 Å². The maximum atomic E-state index is 13.5. The van der Waals surface area contributed by atoms with Gasteiger partial charge in [-0.1, -0.05) is 24.8 Å². The summed E-state index contributed by atoms with van der Waals surface area (Å²) in [6.45, 7) is 5.96. The van der Waals surface area contributed by atoms with Crippen molar-refractivity contribution in [2.45, 2.75) is 44.8 Å². The minimum Gasteiger partial charge on any atom is -0.493 e. The molecule has 4 rings (SSSR count). The monoisotopic (exact) mass is 421 g/mol. The van der Waals surface area contributed by atoms with E-state index in [9.17, 15) is 4.79 Å². The molecule has 2 aromatic rings. The predicted molar refractivity (Wildman–Crippen MR) is 121 cm³/mol. The predicted octanol–water partition coefficient (Wildman–Crippen LogP) is 4.57. The molecule has 1 amide bonds. The van der Waals surface area contributed by atoms with Gasteiger partial charge in [0.1, 0.15) is 6.61 Å². The fourth-order valence-electron chi connectivity index (χ4n) is 4.44. The third-order valence-electron chi connectivity index (χ3n) is 6.04. The van der Waals surface area contributed by atoms with Gasteiger partial charge in [-0.25, -0.2) is 0 Å². The van der Waals surface area contributed by atoms with Crippen LogP contribution in [0.3, 0.4) is 0 Å². The fraction of sp³-hybridized carbons (Fsp3) is 0.423. The molecule has 0 aromatic heterocycles. The fourth-order valence-corrected chi connectivity index (χ4v) is 4.44. The Balaban J connectivity index is 1.56. The smallest absolute Gasteiger partial charge is 0.254 e. The first-order valence-electron chi connectivity index (χ1n) is 11.1. The van der Waals surface area contributed by atoms with E-state index in [-0.39, 0.29) is 12.0 Å². The first-order valence-corrected chi connectivity index (χ1v) is 11.1. The van der Waals surface area contributed by atoms with Gasteiger partial charge in [0.25, 0.3) is 5.91 Å². The number of carbonyl (C=O) groups excluding carboxylic acids is 1. The van der Waals surface area contributed by atoms with Crippen molar-refractivity contribution in [1.29, 1.82) is 0 Å². The molecule has 1 heterocycles. The largest absolute Gasteiger partial charge is 0.493 e. The average molecular weight is 422 g/mol. The van der Waals surface area contributed by atoms with Gasteiger partial charge in [0.2, 0.25) is 0 Å².